The highest BCUT2D eigenvalue weighted by Crippen LogP contribution is 2.21. The van der Waals surface area contributed by atoms with E-state index in [0.717, 1.165) is 11.1 Å². The molecule has 0 aliphatic heterocycles. The molecule has 0 bridgehead atoms. The van der Waals surface area contributed by atoms with Crippen LogP contribution in [0.3, 0.4) is 0 Å². The van der Waals surface area contributed by atoms with Crippen molar-refractivity contribution in [2.24, 2.45) is 11.7 Å². The quantitative estimate of drug-likeness (QED) is 0.748. The van der Waals surface area contributed by atoms with Crippen LogP contribution in [0.15, 0.2) is 48.8 Å². The number of hydrogen-bond donors (Lipinski definition) is 3. The van der Waals surface area contributed by atoms with E-state index in [0.29, 0.717) is 18.4 Å². The Morgan fingerprint density at radius 2 is 2.04 bits per heavy atom. The molecule has 1 aliphatic rings. The fourth-order valence-electron chi connectivity index (χ4n) is 2.79. The zero-order valence-corrected chi connectivity index (χ0v) is 12.5. The maximum absolute atomic E-state index is 12.5. The molecular formula is C17H18N4O2. The number of amides is 2. The smallest absolute Gasteiger partial charge is 0.251 e. The molecule has 2 atom stereocenters. The minimum Gasteiger partial charge on any atom is -0.369 e. The van der Waals surface area contributed by atoms with E-state index in [-0.39, 0.29) is 23.8 Å². The molecular weight excluding hydrogens is 292 g/mol. The van der Waals surface area contributed by atoms with Crippen molar-refractivity contribution in [2.75, 3.05) is 0 Å². The Bertz CT molecular complexity index is 737. The normalized spacial score (nSPS) is 20.2. The SMILES string of the molecule is NC(=O)[C@@H]1CC=CC[C@H]1NC(=O)c1cccc(-c2cn[nH]c2)c1. The van der Waals surface area contributed by atoms with Gasteiger partial charge in [0.15, 0.2) is 0 Å². The van der Waals surface area contributed by atoms with E-state index in [2.05, 4.69) is 15.5 Å². The van der Waals surface area contributed by atoms with Crippen molar-refractivity contribution in [3.8, 4) is 11.1 Å². The van der Waals surface area contributed by atoms with Gasteiger partial charge in [-0.05, 0) is 30.5 Å². The first-order valence-electron chi connectivity index (χ1n) is 7.49. The number of allylic oxidation sites excluding steroid dienone is 1. The van der Waals surface area contributed by atoms with Gasteiger partial charge >= 0.3 is 0 Å². The summed E-state index contributed by atoms with van der Waals surface area (Å²) >= 11 is 0. The molecule has 0 spiro atoms. The van der Waals surface area contributed by atoms with Gasteiger partial charge in [0, 0.05) is 23.4 Å². The van der Waals surface area contributed by atoms with Gasteiger partial charge in [-0.1, -0.05) is 24.3 Å². The zero-order valence-electron chi connectivity index (χ0n) is 12.5. The van der Waals surface area contributed by atoms with Gasteiger partial charge in [0.2, 0.25) is 5.91 Å². The van der Waals surface area contributed by atoms with Crippen LogP contribution in [-0.4, -0.2) is 28.1 Å². The number of nitrogens with zero attached hydrogens (tertiary/aromatic N) is 1. The molecule has 118 valence electrons. The molecule has 0 saturated carbocycles. The first kappa shape index (κ1) is 15.0. The molecule has 0 saturated heterocycles. The highest BCUT2D eigenvalue weighted by molar-refractivity contribution is 5.96. The van der Waals surface area contributed by atoms with Gasteiger partial charge in [-0.3, -0.25) is 14.7 Å². The predicted molar refractivity (Wildman–Crippen MR) is 86.3 cm³/mol. The Morgan fingerprint density at radius 1 is 1.22 bits per heavy atom. The van der Waals surface area contributed by atoms with Crippen LogP contribution in [-0.2, 0) is 4.79 Å². The number of carbonyl (C=O) groups is 2. The van der Waals surface area contributed by atoms with Gasteiger partial charge in [-0.2, -0.15) is 5.10 Å². The van der Waals surface area contributed by atoms with Crippen LogP contribution in [0.2, 0.25) is 0 Å². The standard InChI is InChI=1S/C17H18N4O2/c18-16(22)14-6-1-2-7-15(14)21-17(23)12-5-3-4-11(8-12)13-9-19-20-10-13/h1-5,8-10,14-15H,6-7H2,(H2,18,22)(H,19,20)(H,21,23)/t14-,15-/m1/s1. The molecule has 2 amide bonds. The van der Waals surface area contributed by atoms with E-state index >= 15 is 0 Å². The van der Waals surface area contributed by atoms with Crippen LogP contribution in [0.1, 0.15) is 23.2 Å². The molecule has 2 aromatic rings. The van der Waals surface area contributed by atoms with E-state index in [4.69, 9.17) is 5.73 Å². The summed E-state index contributed by atoms with van der Waals surface area (Å²) in [5.41, 5.74) is 7.79. The van der Waals surface area contributed by atoms with Gasteiger partial charge in [-0.15, -0.1) is 0 Å². The van der Waals surface area contributed by atoms with Crippen molar-refractivity contribution in [3.05, 3.63) is 54.4 Å². The summed E-state index contributed by atoms with van der Waals surface area (Å²) in [6.45, 7) is 0. The average Bonchev–Trinajstić information content (AvgIpc) is 3.10. The largest absolute Gasteiger partial charge is 0.369 e. The second kappa shape index (κ2) is 6.48. The molecule has 1 heterocycles. The van der Waals surface area contributed by atoms with Gasteiger partial charge in [0.25, 0.3) is 5.91 Å². The molecule has 1 aliphatic carbocycles. The van der Waals surface area contributed by atoms with E-state index in [1.807, 2.05) is 24.3 Å². The Morgan fingerprint density at radius 3 is 2.78 bits per heavy atom. The van der Waals surface area contributed by atoms with E-state index in [1.54, 1.807) is 24.5 Å². The van der Waals surface area contributed by atoms with E-state index in [1.165, 1.54) is 0 Å². The van der Waals surface area contributed by atoms with Crippen LogP contribution >= 0.6 is 0 Å². The minimum atomic E-state index is -0.383. The van der Waals surface area contributed by atoms with Gasteiger partial charge in [0.05, 0.1) is 12.1 Å². The molecule has 3 rings (SSSR count). The highest BCUT2D eigenvalue weighted by atomic mass is 16.2. The van der Waals surface area contributed by atoms with Crippen LogP contribution < -0.4 is 11.1 Å². The topological polar surface area (TPSA) is 101 Å². The molecule has 4 N–H and O–H groups in total. The lowest BCUT2D eigenvalue weighted by Crippen LogP contribution is -2.46. The van der Waals surface area contributed by atoms with Crippen molar-refractivity contribution >= 4 is 11.8 Å². The first-order chi connectivity index (χ1) is 11.1. The third kappa shape index (κ3) is 3.31. The maximum Gasteiger partial charge on any atom is 0.251 e. The summed E-state index contributed by atoms with van der Waals surface area (Å²) < 4.78 is 0. The molecule has 0 radical (unpaired) electrons. The predicted octanol–water partition coefficient (Wildman–Crippen LogP) is 1.63. The Balaban J connectivity index is 1.77. The summed E-state index contributed by atoms with van der Waals surface area (Å²) in [7, 11) is 0. The second-order valence-electron chi connectivity index (χ2n) is 5.60. The van der Waals surface area contributed by atoms with Crippen molar-refractivity contribution < 1.29 is 9.59 Å². The van der Waals surface area contributed by atoms with Crippen LogP contribution in [0.25, 0.3) is 11.1 Å². The molecule has 0 unspecified atom stereocenters. The Labute approximate surface area is 133 Å². The minimum absolute atomic E-state index is 0.207. The summed E-state index contributed by atoms with van der Waals surface area (Å²) in [6.07, 6.45) is 8.54. The van der Waals surface area contributed by atoms with Crippen LogP contribution in [0.4, 0.5) is 0 Å². The highest BCUT2D eigenvalue weighted by Gasteiger charge is 2.28. The third-order valence-corrected chi connectivity index (χ3v) is 4.07. The summed E-state index contributed by atoms with van der Waals surface area (Å²) in [4.78, 5) is 24.0. The monoisotopic (exact) mass is 310 g/mol. The fraction of sp³-hybridized carbons (Fsp3) is 0.235. The lowest BCUT2D eigenvalue weighted by atomic mass is 9.88. The molecule has 6 heteroatoms. The van der Waals surface area contributed by atoms with Gasteiger partial charge < -0.3 is 11.1 Å². The van der Waals surface area contributed by atoms with E-state index in [9.17, 15) is 9.59 Å². The third-order valence-electron chi connectivity index (χ3n) is 4.07. The number of primary amides is 1. The number of carbonyl (C=O) groups excluding carboxylic acids is 2. The Kier molecular flexibility index (Phi) is 4.23. The summed E-state index contributed by atoms with van der Waals surface area (Å²) in [5, 5.41) is 9.59. The van der Waals surface area contributed by atoms with E-state index < -0.39 is 0 Å². The summed E-state index contributed by atoms with van der Waals surface area (Å²) in [5.74, 6) is -0.949. The fourth-order valence-corrected chi connectivity index (χ4v) is 2.79. The van der Waals surface area contributed by atoms with Crippen LogP contribution in [0, 0.1) is 5.92 Å². The lowest BCUT2D eigenvalue weighted by Gasteiger charge is -2.27. The van der Waals surface area contributed by atoms with Crippen molar-refractivity contribution in [1.29, 1.82) is 0 Å². The molecule has 1 aromatic carbocycles. The number of benzene rings is 1. The summed E-state index contributed by atoms with van der Waals surface area (Å²) in [6, 6.07) is 7.03. The number of hydrogen-bond acceptors (Lipinski definition) is 3. The number of aromatic amines is 1. The average molecular weight is 310 g/mol. The second-order valence-corrected chi connectivity index (χ2v) is 5.60. The van der Waals surface area contributed by atoms with Gasteiger partial charge in [0.1, 0.15) is 0 Å². The Hall–Kier alpha value is -2.89. The lowest BCUT2D eigenvalue weighted by molar-refractivity contribution is -0.122. The van der Waals surface area contributed by atoms with Crippen molar-refractivity contribution in [3.63, 3.8) is 0 Å². The molecule has 23 heavy (non-hydrogen) atoms. The number of H-pyrrole nitrogens is 1. The van der Waals surface area contributed by atoms with Crippen molar-refractivity contribution in [2.45, 2.75) is 18.9 Å². The molecule has 0 fully saturated rings. The van der Waals surface area contributed by atoms with Crippen molar-refractivity contribution in [1.82, 2.24) is 15.5 Å². The molecule has 1 aromatic heterocycles. The number of nitrogens with one attached hydrogen (secondary N) is 2. The maximum atomic E-state index is 12.5. The first-order valence-corrected chi connectivity index (χ1v) is 7.49. The van der Waals surface area contributed by atoms with Gasteiger partial charge in [-0.25, -0.2) is 0 Å². The number of aromatic nitrogens is 2. The zero-order chi connectivity index (χ0) is 16.2. The number of nitrogens with two attached hydrogens (primary N) is 1. The van der Waals surface area contributed by atoms with Crippen LogP contribution in [0.5, 0.6) is 0 Å². The number of rotatable bonds is 4. The molecule has 6 nitrogen and oxygen atoms in total.